The van der Waals surface area contributed by atoms with Crippen LogP contribution in [-0.2, 0) is 4.79 Å². The van der Waals surface area contributed by atoms with Crippen LogP contribution >= 0.6 is 11.3 Å². The van der Waals surface area contributed by atoms with Crippen molar-refractivity contribution in [2.75, 3.05) is 25.0 Å². The van der Waals surface area contributed by atoms with Gasteiger partial charge in [-0.2, -0.15) is 0 Å². The number of thiazole rings is 1. The van der Waals surface area contributed by atoms with Gasteiger partial charge >= 0.3 is 0 Å². The molecule has 1 aliphatic carbocycles. The van der Waals surface area contributed by atoms with Crippen molar-refractivity contribution in [1.82, 2.24) is 19.9 Å². The SMILES string of the molecule is O=C(CO)N1CCC(c2nccnc2O[C@H]2C[C@H](Nc3nc4ccccc4s3)C2)CC1. The normalized spacial score (nSPS) is 21.6. The number of nitrogens with one attached hydrogen (secondary N) is 1. The molecule has 0 unspecified atom stereocenters. The zero-order valence-electron chi connectivity index (χ0n) is 17.1. The lowest BCUT2D eigenvalue weighted by molar-refractivity contribution is -0.135. The Morgan fingerprint density at radius 1 is 1.19 bits per heavy atom. The summed E-state index contributed by atoms with van der Waals surface area (Å²) in [6.45, 7) is 0.813. The van der Waals surface area contributed by atoms with Gasteiger partial charge in [0.15, 0.2) is 5.13 Å². The summed E-state index contributed by atoms with van der Waals surface area (Å²) < 4.78 is 7.39. The Kier molecular flexibility index (Phi) is 5.69. The largest absolute Gasteiger partial charge is 0.473 e. The van der Waals surface area contributed by atoms with E-state index in [0.717, 1.165) is 42.0 Å². The third-order valence-corrected chi connectivity index (χ3v) is 7.02. The summed E-state index contributed by atoms with van der Waals surface area (Å²) in [7, 11) is 0. The van der Waals surface area contributed by atoms with E-state index < -0.39 is 6.61 Å². The van der Waals surface area contributed by atoms with Crippen molar-refractivity contribution in [1.29, 1.82) is 0 Å². The minimum Gasteiger partial charge on any atom is -0.473 e. The molecule has 2 aromatic heterocycles. The van der Waals surface area contributed by atoms with Gasteiger partial charge in [-0.25, -0.2) is 9.97 Å². The number of carbonyl (C=O) groups is 1. The van der Waals surface area contributed by atoms with Gasteiger partial charge in [-0.3, -0.25) is 9.78 Å². The number of ether oxygens (including phenoxy) is 1. The van der Waals surface area contributed by atoms with Gasteiger partial charge < -0.3 is 20.1 Å². The van der Waals surface area contributed by atoms with Gasteiger partial charge in [0.25, 0.3) is 0 Å². The molecule has 2 aliphatic rings. The molecule has 1 amide bonds. The molecule has 0 radical (unpaired) electrons. The smallest absolute Gasteiger partial charge is 0.248 e. The first-order valence-electron chi connectivity index (χ1n) is 10.7. The van der Waals surface area contributed by atoms with Gasteiger partial charge in [0, 0.05) is 50.3 Å². The number of amides is 1. The van der Waals surface area contributed by atoms with Crippen molar-refractivity contribution in [2.45, 2.75) is 43.7 Å². The highest BCUT2D eigenvalue weighted by molar-refractivity contribution is 7.22. The molecular weight excluding hydrogens is 414 g/mol. The van der Waals surface area contributed by atoms with Crippen LogP contribution in [0.3, 0.4) is 0 Å². The van der Waals surface area contributed by atoms with Crippen molar-refractivity contribution < 1.29 is 14.6 Å². The van der Waals surface area contributed by atoms with Crippen LogP contribution in [0.1, 0.15) is 37.3 Å². The Balaban J connectivity index is 1.16. The van der Waals surface area contributed by atoms with Gasteiger partial charge in [0.05, 0.1) is 10.2 Å². The molecule has 9 heteroatoms. The lowest BCUT2D eigenvalue weighted by atomic mass is 9.89. The average Bonchev–Trinajstić information content (AvgIpc) is 3.20. The molecule has 2 fully saturated rings. The standard InChI is InChI=1S/C22H25N5O3S/c28-13-19(29)27-9-5-14(6-10-27)20-21(24-8-7-23-20)30-16-11-15(12-16)25-22-26-17-3-1-2-4-18(17)31-22/h1-4,7-8,14-16,28H,5-6,9-13H2,(H,25,26)/t15-,16-. The molecule has 31 heavy (non-hydrogen) atoms. The zero-order valence-corrected chi connectivity index (χ0v) is 17.9. The number of fused-ring (bicyclic) bond motifs is 1. The van der Waals surface area contributed by atoms with Crippen molar-refractivity contribution in [3.05, 3.63) is 42.4 Å². The first kappa shape index (κ1) is 20.1. The second-order valence-electron chi connectivity index (χ2n) is 8.10. The number of carbonyl (C=O) groups excluding carboxylic acids is 1. The second-order valence-corrected chi connectivity index (χ2v) is 9.13. The number of aromatic nitrogens is 3. The minimum absolute atomic E-state index is 0.110. The van der Waals surface area contributed by atoms with Crippen LogP contribution in [0, 0.1) is 0 Å². The molecule has 2 N–H and O–H groups in total. The lowest BCUT2D eigenvalue weighted by Crippen LogP contribution is -2.43. The third kappa shape index (κ3) is 4.33. The number of aliphatic hydroxyl groups is 1. The van der Waals surface area contributed by atoms with E-state index in [-0.39, 0.29) is 17.9 Å². The molecule has 1 aromatic carbocycles. The van der Waals surface area contributed by atoms with Gasteiger partial charge in [-0.05, 0) is 25.0 Å². The summed E-state index contributed by atoms with van der Waals surface area (Å²) in [6, 6.07) is 8.50. The highest BCUT2D eigenvalue weighted by atomic mass is 32.1. The maximum atomic E-state index is 11.7. The summed E-state index contributed by atoms with van der Waals surface area (Å²) in [5.41, 5.74) is 1.90. The number of hydrogen-bond donors (Lipinski definition) is 2. The predicted molar refractivity (Wildman–Crippen MR) is 118 cm³/mol. The third-order valence-electron chi connectivity index (χ3n) is 6.06. The number of nitrogens with zero attached hydrogens (tertiary/aromatic N) is 4. The van der Waals surface area contributed by atoms with Crippen LogP contribution in [-0.4, -0.2) is 62.7 Å². The molecule has 1 saturated heterocycles. The second kappa shape index (κ2) is 8.76. The van der Waals surface area contributed by atoms with E-state index in [2.05, 4.69) is 26.3 Å². The Morgan fingerprint density at radius 3 is 2.74 bits per heavy atom. The average molecular weight is 440 g/mol. The molecular formula is C22H25N5O3S. The molecule has 0 spiro atoms. The Labute approximate surface area is 184 Å². The maximum absolute atomic E-state index is 11.7. The van der Waals surface area contributed by atoms with Gasteiger partial charge in [0.1, 0.15) is 18.4 Å². The van der Waals surface area contributed by atoms with E-state index >= 15 is 0 Å². The molecule has 5 rings (SSSR count). The number of aliphatic hydroxyl groups excluding tert-OH is 1. The summed E-state index contributed by atoms with van der Waals surface area (Å²) >= 11 is 1.68. The minimum atomic E-state index is -0.432. The number of piperidine rings is 1. The molecule has 8 nitrogen and oxygen atoms in total. The van der Waals surface area contributed by atoms with Crippen LogP contribution in [0.15, 0.2) is 36.7 Å². The first-order chi connectivity index (χ1) is 15.2. The molecule has 1 saturated carbocycles. The molecule has 0 bridgehead atoms. The van der Waals surface area contributed by atoms with Crippen LogP contribution in [0.2, 0.25) is 0 Å². The van der Waals surface area contributed by atoms with Crippen LogP contribution in [0.4, 0.5) is 5.13 Å². The molecule has 162 valence electrons. The summed E-state index contributed by atoms with van der Waals surface area (Å²) in [5.74, 6) is 0.608. The Morgan fingerprint density at radius 2 is 1.97 bits per heavy atom. The topological polar surface area (TPSA) is 100 Å². The predicted octanol–water partition coefficient (Wildman–Crippen LogP) is 2.81. The van der Waals surface area contributed by atoms with Gasteiger partial charge in [0.2, 0.25) is 11.8 Å². The number of para-hydroxylation sites is 1. The van der Waals surface area contributed by atoms with Crippen LogP contribution in [0.5, 0.6) is 5.88 Å². The fraction of sp³-hybridized carbons (Fsp3) is 0.455. The number of likely N-dealkylation sites (tertiary alicyclic amines) is 1. The Bertz CT molecular complexity index is 1030. The Hall–Kier alpha value is -2.78. The summed E-state index contributed by atoms with van der Waals surface area (Å²) in [4.78, 5) is 27.0. The van der Waals surface area contributed by atoms with E-state index in [1.807, 2.05) is 18.2 Å². The fourth-order valence-electron chi connectivity index (χ4n) is 4.26. The highest BCUT2D eigenvalue weighted by Gasteiger charge is 2.34. The van der Waals surface area contributed by atoms with E-state index in [0.29, 0.717) is 25.0 Å². The number of anilines is 1. The van der Waals surface area contributed by atoms with Crippen LogP contribution in [0.25, 0.3) is 10.2 Å². The van der Waals surface area contributed by atoms with Crippen molar-refractivity contribution in [3.63, 3.8) is 0 Å². The lowest BCUT2D eigenvalue weighted by Gasteiger charge is -2.36. The van der Waals surface area contributed by atoms with E-state index in [1.54, 1.807) is 28.6 Å². The quantitative estimate of drug-likeness (QED) is 0.609. The van der Waals surface area contributed by atoms with Gasteiger partial charge in [-0.1, -0.05) is 23.5 Å². The summed E-state index contributed by atoms with van der Waals surface area (Å²) in [5, 5.41) is 13.5. The molecule has 3 heterocycles. The monoisotopic (exact) mass is 439 g/mol. The highest BCUT2D eigenvalue weighted by Crippen LogP contribution is 2.35. The molecule has 3 aromatic rings. The fourth-order valence-corrected chi connectivity index (χ4v) is 5.20. The number of rotatable bonds is 6. The maximum Gasteiger partial charge on any atom is 0.248 e. The van der Waals surface area contributed by atoms with E-state index in [4.69, 9.17) is 9.84 Å². The van der Waals surface area contributed by atoms with E-state index in [9.17, 15) is 4.79 Å². The summed E-state index contributed by atoms with van der Waals surface area (Å²) in [6.07, 6.45) is 6.87. The van der Waals surface area contributed by atoms with Gasteiger partial charge in [-0.15, -0.1) is 0 Å². The first-order valence-corrected chi connectivity index (χ1v) is 11.5. The van der Waals surface area contributed by atoms with Crippen molar-refractivity contribution in [2.24, 2.45) is 0 Å². The van der Waals surface area contributed by atoms with Crippen molar-refractivity contribution in [3.8, 4) is 5.88 Å². The van der Waals surface area contributed by atoms with Crippen LogP contribution < -0.4 is 10.1 Å². The zero-order chi connectivity index (χ0) is 21.2. The van der Waals surface area contributed by atoms with E-state index in [1.165, 1.54) is 4.70 Å². The van der Waals surface area contributed by atoms with Crippen molar-refractivity contribution >= 4 is 32.6 Å². The molecule has 1 aliphatic heterocycles. The molecule has 0 atom stereocenters. The number of benzene rings is 1. The number of hydrogen-bond acceptors (Lipinski definition) is 8.